The second kappa shape index (κ2) is 4.24. The molecular weight excluding hydrogens is 244 g/mol. The predicted molar refractivity (Wildman–Crippen MR) is 69.6 cm³/mol. The van der Waals surface area contributed by atoms with Gasteiger partial charge in [-0.3, -0.25) is 4.79 Å². The maximum Gasteiger partial charge on any atom is 0.311 e. The highest BCUT2D eigenvalue weighted by atomic mass is 16.4. The lowest BCUT2D eigenvalue weighted by atomic mass is 10.1. The first kappa shape index (κ1) is 11.5. The van der Waals surface area contributed by atoms with E-state index in [2.05, 4.69) is 15.0 Å². The monoisotopic (exact) mass is 256 g/mol. The van der Waals surface area contributed by atoms with Gasteiger partial charge in [-0.1, -0.05) is 6.07 Å². The highest BCUT2D eigenvalue weighted by molar-refractivity contribution is 5.81. The second-order valence-corrected chi connectivity index (χ2v) is 4.37. The quantitative estimate of drug-likeness (QED) is 0.745. The Kier molecular flexibility index (Phi) is 2.56. The van der Waals surface area contributed by atoms with E-state index in [9.17, 15) is 4.79 Å². The van der Waals surface area contributed by atoms with E-state index in [4.69, 9.17) is 5.11 Å². The third-order valence-corrected chi connectivity index (χ3v) is 2.98. The molecule has 0 bridgehead atoms. The van der Waals surface area contributed by atoms with Crippen molar-refractivity contribution in [2.75, 3.05) is 0 Å². The number of carboxylic acids is 1. The number of carbonyl (C=O) groups is 1. The zero-order chi connectivity index (χ0) is 13.4. The molecule has 2 heterocycles. The van der Waals surface area contributed by atoms with E-state index >= 15 is 0 Å². The van der Waals surface area contributed by atoms with E-state index in [0.717, 1.165) is 22.3 Å². The number of nitrogens with zero attached hydrogens (tertiary/aromatic N) is 3. The molecule has 0 amide bonds. The summed E-state index contributed by atoms with van der Waals surface area (Å²) >= 11 is 0. The van der Waals surface area contributed by atoms with Crippen molar-refractivity contribution in [3.8, 4) is 11.3 Å². The van der Waals surface area contributed by atoms with Crippen molar-refractivity contribution >= 4 is 17.0 Å². The summed E-state index contributed by atoms with van der Waals surface area (Å²) in [5.41, 5.74) is 3.68. The SMILES string of the molecule is Cn1cnc2cc(-c3cnc(CC(=O)O)[nH]3)ccc21. The van der Waals surface area contributed by atoms with Crippen LogP contribution < -0.4 is 0 Å². The van der Waals surface area contributed by atoms with Gasteiger partial charge in [-0.25, -0.2) is 9.97 Å². The summed E-state index contributed by atoms with van der Waals surface area (Å²) in [6, 6.07) is 5.89. The first-order valence-electron chi connectivity index (χ1n) is 5.80. The number of rotatable bonds is 3. The number of aromatic nitrogens is 4. The molecule has 1 aromatic carbocycles. The van der Waals surface area contributed by atoms with Gasteiger partial charge in [0.1, 0.15) is 12.2 Å². The Balaban J connectivity index is 1.99. The van der Waals surface area contributed by atoms with Crippen molar-refractivity contribution in [1.29, 1.82) is 0 Å². The standard InChI is InChI=1S/C13H12N4O2/c1-17-7-15-9-4-8(2-3-11(9)17)10-6-14-12(16-10)5-13(18)19/h2-4,6-7H,5H2,1H3,(H,14,16)(H,18,19). The van der Waals surface area contributed by atoms with Gasteiger partial charge < -0.3 is 14.7 Å². The van der Waals surface area contributed by atoms with Crippen molar-refractivity contribution in [3.63, 3.8) is 0 Å². The summed E-state index contributed by atoms with van der Waals surface area (Å²) in [5.74, 6) is -0.454. The molecule has 0 saturated carbocycles. The first-order valence-corrected chi connectivity index (χ1v) is 5.80. The second-order valence-electron chi connectivity index (χ2n) is 4.37. The molecule has 0 aliphatic carbocycles. The minimum atomic E-state index is -0.902. The van der Waals surface area contributed by atoms with E-state index in [0.29, 0.717) is 5.82 Å². The average molecular weight is 256 g/mol. The maximum absolute atomic E-state index is 10.6. The molecule has 96 valence electrons. The van der Waals surface area contributed by atoms with Crippen LogP contribution in [0.2, 0.25) is 0 Å². The molecule has 0 fully saturated rings. The third-order valence-electron chi connectivity index (χ3n) is 2.98. The minimum absolute atomic E-state index is 0.105. The number of imidazole rings is 2. The molecule has 0 spiro atoms. The number of benzene rings is 1. The fraction of sp³-hybridized carbons (Fsp3) is 0.154. The Bertz CT molecular complexity index is 757. The van der Waals surface area contributed by atoms with E-state index in [-0.39, 0.29) is 6.42 Å². The first-order chi connectivity index (χ1) is 9.13. The lowest BCUT2D eigenvalue weighted by Crippen LogP contribution is -2.01. The molecule has 2 aromatic heterocycles. The number of nitrogens with one attached hydrogen (secondary N) is 1. The number of fused-ring (bicyclic) bond motifs is 1. The lowest BCUT2D eigenvalue weighted by Gasteiger charge is -1.99. The van der Waals surface area contributed by atoms with Crippen molar-refractivity contribution in [2.24, 2.45) is 7.05 Å². The van der Waals surface area contributed by atoms with E-state index < -0.39 is 5.97 Å². The van der Waals surface area contributed by atoms with Crippen LogP contribution in [0.4, 0.5) is 0 Å². The summed E-state index contributed by atoms with van der Waals surface area (Å²) in [4.78, 5) is 22.0. The Morgan fingerprint density at radius 1 is 1.42 bits per heavy atom. The van der Waals surface area contributed by atoms with Crippen LogP contribution >= 0.6 is 0 Å². The van der Waals surface area contributed by atoms with Crippen LogP contribution in [-0.4, -0.2) is 30.6 Å². The van der Waals surface area contributed by atoms with Gasteiger partial charge in [-0.15, -0.1) is 0 Å². The summed E-state index contributed by atoms with van der Waals surface area (Å²) < 4.78 is 1.95. The average Bonchev–Trinajstić information content (AvgIpc) is 2.96. The number of hydrogen-bond acceptors (Lipinski definition) is 3. The molecule has 6 nitrogen and oxygen atoms in total. The minimum Gasteiger partial charge on any atom is -0.481 e. The summed E-state index contributed by atoms with van der Waals surface area (Å²) in [6.07, 6.45) is 3.30. The molecule has 0 aliphatic heterocycles. The lowest BCUT2D eigenvalue weighted by molar-refractivity contribution is -0.136. The molecule has 6 heteroatoms. The van der Waals surface area contributed by atoms with Gasteiger partial charge in [0, 0.05) is 12.6 Å². The van der Waals surface area contributed by atoms with Crippen LogP contribution in [0.5, 0.6) is 0 Å². The molecule has 0 atom stereocenters. The molecule has 0 unspecified atom stereocenters. The normalized spacial score (nSPS) is 11.0. The Hall–Kier alpha value is -2.63. The third kappa shape index (κ3) is 2.08. The summed E-state index contributed by atoms with van der Waals surface area (Å²) in [5, 5.41) is 8.72. The fourth-order valence-corrected chi connectivity index (χ4v) is 2.05. The molecule has 0 aliphatic rings. The largest absolute Gasteiger partial charge is 0.481 e. The zero-order valence-corrected chi connectivity index (χ0v) is 10.3. The van der Waals surface area contributed by atoms with Crippen molar-refractivity contribution < 1.29 is 9.90 Å². The summed E-state index contributed by atoms with van der Waals surface area (Å²) in [6.45, 7) is 0. The van der Waals surface area contributed by atoms with E-state index in [1.54, 1.807) is 12.5 Å². The number of H-pyrrole nitrogens is 1. The van der Waals surface area contributed by atoms with Crippen molar-refractivity contribution in [3.05, 3.63) is 36.5 Å². The predicted octanol–water partition coefficient (Wildman–Crippen LogP) is 1.59. The van der Waals surface area contributed by atoms with Crippen LogP contribution in [0.3, 0.4) is 0 Å². The van der Waals surface area contributed by atoms with Crippen LogP contribution in [0.1, 0.15) is 5.82 Å². The van der Waals surface area contributed by atoms with Crippen molar-refractivity contribution in [2.45, 2.75) is 6.42 Å². The van der Waals surface area contributed by atoms with Gasteiger partial charge in [-0.05, 0) is 12.1 Å². The van der Waals surface area contributed by atoms with Gasteiger partial charge in [0.25, 0.3) is 0 Å². The van der Waals surface area contributed by atoms with Crippen LogP contribution in [0.25, 0.3) is 22.3 Å². The number of hydrogen-bond donors (Lipinski definition) is 2. The zero-order valence-electron chi connectivity index (χ0n) is 10.3. The molecule has 3 rings (SSSR count). The number of aromatic amines is 1. The van der Waals surface area contributed by atoms with Gasteiger partial charge in [0.05, 0.1) is 29.3 Å². The smallest absolute Gasteiger partial charge is 0.311 e. The maximum atomic E-state index is 10.6. The molecule has 19 heavy (non-hydrogen) atoms. The van der Waals surface area contributed by atoms with Gasteiger partial charge in [0.15, 0.2) is 0 Å². The highest BCUT2D eigenvalue weighted by Gasteiger charge is 2.08. The van der Waals surface area contributed by atoms with Crippen molar-refractivity contribution in [1.82, 2.24) is 19.5 Å². The Morgan fingerprint density at radius 3 is 3.05 bits per heavy atom. The molecule has 0 radical (unpaired) electrons. The van der Waals surface area contributed by atoms with Crippen LogP contribution in [-0.2, 0) is 18.3 Å². The van der Waals surface area contributed by atoms with Gasteiger partial charge in [-0.2, -0.15) is 0 Å². The number of aryl methyl sites for hydroxylation is 1. The summed E-state index contributed by atoms with van der Waals surface area (Å²) in [7, 11) is 1.94. The van der Waals surface area contributed by atoms with Gasteiger partial charge >= 0.3 is 5.97 Å². The highest BCUT2D eigenvalue weighted by Crippen LogP contribution is 2.22. The van der Waals surface area contributed by atoms with Gasteiger partial charge in [0.2, 0.25) is 0 Å². The Labute approximate surface area is 108 Å². The fourth-order valence-electron chi connectivity index (χ4n) is 2.05. The molecule has 3 aromatic rings. The molecule has 2 N–H and O–H groups in total. The van der Waals surface area contributed by atoms with E-state index in [1.165, 1.54) is 0 Å². The Morgan fingerprint density at radius 2 is 2.26 bits per heavy atom. The van der Waals surface area contributed by atoms with E-state index in [1.807, 2.05) is 29.8 Å². The van der Waals surface area contributed by atoms with Crippen LogP contribution in [0, 0.1) is 0 Å². The number of aliphatic carboxylic acids is 1. The van der Waals surface area contributed by atoms with Crippen LogP contribution in [0.15, 0.2) is 30.7 Å². The molecule has 0 saturated heterocycles. The topological polar surface area (TPSA) is 83.8 Å². The number of carboxylic acid groups (broad SMARTS) is 1. The molecular formula is C13H12N4O2.